The second-order valence-corrected chi connectivity index (χ2v) is 7.27. The van der Waals surface area contributed by atoms with E-state index in [2.05, 4.69) is 5.32 Å². The molecule has 0 heterocycles. The molecule has 3 aromatic carbocycles. The van der Waals surface area contributed by atoms with Crippen LogP contribution < -0.4 is 5.32 Å². The minimum Gasteiger partial charge on any atom is -0.454 e. The van der Waals surface area contributed by atoms with E-state index in [-0.39, 0.29) is 12.5 Å². The maximum atomic E-state index is 12.7. The first-order valence-electron chi connectivity index (χ1n) is 8.96. The topological polar surface area (TPSA) is 55.4 Å². The van der Waals surface area contributed by atoms with Gasteiger partial charge in [-0.1, -0.05) is 78.9 Å². The molecular formula is C23H21NO3S. The van der Waals surface area contributed by atoms with Gasteiger partial charge in [-0.25, -0.2) is 0 Å². The molecule has 0 aliphatic carbocycles. The van der Waals surface area contributed by atoms with Gasteiger partial charge in [0.1, 0.15) is 5.25 Å². The van der Waals surface area contributed by atoms with Crippen molar-refractivity contribution in [2.75, 3.05) is 6.61 Å². The number of amides is 1. The summed E-state index contributed by atoms with van der Waals surface area (Å²) >= 11 is 1.41. The Morgan fingerprint density at radius 2 is 1.39 bits per heavy atom. The molecule has 0 unspecified atom stereocenters. The molecule has 0 saturated carbocycles. The van der Waals surface area contributed by atoms with Crippen molar-refractivity contribution in [2.24, 2.45) is 0 Å². The number of benzene rings is 3. The molecule has 0 fully saturated rings. The van der Waals surface area contributed by atoms with Crippen molar-refractivity contribution in [3.8, 4) is 0 Å². The Labute approximate surface area is 168 Å². The van der Waals surface area contributed by atoms with Gasteiger partial charge in [0, 0.05) is 11.4 Å². The van der Waals surface area contributed by atoms with E-state index in [1.54, 1.807) is 0 Å². The smallest absolute Gasteiger partial charge is 0.324 e. The Morgan fingerprint density at radius 1 is 0.821 bits per heavy atom. The summed E-state index contributed by atoms with van der Waals surface area (Å²) < 4.78 is 5.31. The van der Waals surface area contributed by atoms with Crippen LogP contribution >= 0.6 is 11.8 Å². The summed E-state index contributed by atoms with van der Waals surface area (Å²) in [6.07, 6.45) is 0. The zero-order chi connectivity index (χ0) is 19.6. The number of ether oxygens (including phenoxy) is 1. The third kappa shape index (κ3) is 5.99. The number of hydrogen-bond acceptors (Lipinski definition) is 4. The van der Waals surface area contributed by atoms with Crippen molar-refractivity contribution >= 4 is 23.6 Å². The first-order valence-corrected chi connectivity index (χ1v) is 9.84. The fraction of sp³-hybridized carbons (Fsp3) is 0.130. The fourth-order valence-electron chi connectivity index (χ4n) is 2.58. The first-order chi connectivity index (χ1) is 13.7. The monoisotopic (exact) mass is 391 g/mol. The molecule has 0 spiro atoms. The van der Waals surface area contributed by atoms with Crippen molar-refractivity contribution in [1.29, 1.82) is 0 Å². The second-order valence-electron chi connectivity index (χ2n) is 6.09. The van der Waals surface area contributed by atoms with Gasteiger partial charge in [0.25, 0.3) is 5.91 Å². The molecule has 0 aliphatic rings. The van der Waals surface area contributed by atoms with E-state index in [1.165, 1.54) is 11.8 Å². The highest BCUT2D eigenvalue weighted by atomic mass is 32.2. The van der Waals surface area contributed by atoms with Crippen LogP contribution in [0.4, 0.5) is 0 Å². The molecule has 0 bridgehead atoms. The van der Waals surface area contributed by atoms with Crippen LogP contribution in [0, 0.1) is 0 Å². The summed E-state index contributed by atoms with van der Waals surface area (Å²) in [5, 5.41) is 2.22. The van der Waals surface area contributed by atoms with E-state index >= 15 is 0 Å². The lowest BCUT2D eigenvalue weighted by Gasteiger charge is -2.16. The molecule has 1 atom stereocenters. The van der Waals surface area contributed by atoms with Gasteiger partial charge >= 0.3 is 5.97 Å². The van der Waals surface area contributed by atoms with Crippen molar-refractivity contribution in [1.82, 2.24) is 5.32 Å². The zero-order valence-electron chi connectivity index (χ0n) is 15.3. The molecule has 0 radical (unpaired) electrons. The Bertz CT molecular complexity index is 885. The van der Waals surface area contributed by atoms with Gasteiger partial charge in [-0.2, -0.15) is 0 Å². The number of hydrogen-bond donors (Lipinski definition) is 1. The van der Waals surface area contributed by atoms with E-state index < -0.39 is 11.2 Å². The highest BCUT2D eigenvalue weighted by Gasteiger charge is 2.24. The maximum absolute atomic E-state index is 12.7. The summed E-state index contributed by atoms with van der Waals surface area (Å²) in [5.41, 5.74) is 1.83. The number of rotatable bonds is 8. The highest BCUT2D eigenvalue weighted by Crippen LogP contribution is 2.36. The average molecular weight is 391 g/mol. The van der Waals surface area contributed by atoms with Crippen LogP contribution in [-0.4, -0.2) is 18.5 Å². The molecule has 142 valence electrons. The average Bonchev–Trinajstić information content (AvgIpc) is 2.76. The van der Waals surface area contributed by atoms with Crippen LogP contribution in [0.1, 0.15) is 16.4 Å². The van der Waals surface area contributed by atoms with Crippen molar-refractivity contribution in [3.63, 3.8) is 0 Å². The predicted molar refractivity (Wildman–Crippen MR) is 111 cm³/mol. The van der Waals surface area contributed by atoms with E-state index in [1.807, 2.05) is 91.0 Å². The number of thioether (sulfide) groups is 1. The molecule has 1 amide bonds. The lowest BCUT2D eigenvalue weighted by atomic mass is 10.1. The SMILES string of the molecule is O=C(COC(=O)[C@H](Sc1ccccc1)c1ccccc1)NCc1ccccc1. The molecule has 3 aromatic rings. The van der Waals surface area contributed by atoms with Gasteiger partial charge in [-0.05, 0) is 23.3 Å². The van der Waals surface area contributed by atoms with Crippen LogP contribution in [0.25, 0.3) is 0 Å². The lowest BCUT2D eigenvalue weighted by Crippen LogP contribution is -2.29. The fourth-order valence-corrected chi connectivity index (χ4v) is 3.62. The molecule has 0 aromatic heterocycles. The van der Waals surface area contributed by atoms with Gasteiger partial charge in [0.15, 0.2) is 6.61 Å². The normalized spacial score (nSPS) is 11.4. The van der Waals surface area contributed by atoms with Gasteiger partial charge in [0.05, 0.1) is 0 Å². The molecule has 0 aliphatic heterocycles. The standard InChI is InChI=1S/C23H21NO3S/c25-21(24-16-18-10-4-1-5-11-18)17-27-23(26)22(19-12-6-2-7-13-19)28-20-14-8-3-9-15-20/h1-15,22H,16-17H2,(H,24,25)/t22-/m1/s1. The molecule has 5 heteroatoms. The van der Waals surface area contributed by atoms with Gasteiger partial charge in [-0.3, -0.25) is 9.59 Å². The quantitative estimate of drug-likeness (QED) is 0.457. The predicted octanol–water partition coefficient (Wildman–Crippen LogP) is 4.38. The number of esters is 1. The second kappa shape index (κ2) is 10.3. The van der Waals surface area contributed by atoms with Crippen LogP contribution in [0.2, 0.25) is 0 Å². The minimum atomic E-state index is -0.537. The lowest BCUT2D eigenvalue weighted by molar-refractivity contribution is -0.148. The molecule has 0 saturated heterocycles. The third-order valence-electron chi connectivity index (χ3n) is 3.99. The molecule has 3 rings (SSSR count). The minimum absolute atomic E-state index is 0.301. The largest absolute Gasteiger partial charge is 0.454 e. The summed E-state index contributed by atoms with van der Waals surface area (Å²) in [6.45, 7) is 0.0997. The van der Waals surface area contributed by atoms with Crippen LogP contribution in [0.3, 0.4) is 0 Å². The van der Waals surface area contributed by atoms with Crippen LogP contribution in [0.15, 0.2) is 95.9 Å². The van der Waals surface area contributed by atoms with Crippen LogP contribution in [-0.2, 0) is 20.9 Å². The number of carbonyl (C=O) groups is 2. The highest BCUT2D eigenvalue weighted by molar-refractivity contribution is 8.00. The third-order valence-corrected chi connectivity index (χ3v) is 5.24. The van der Waals surface area contributed by atoms with E-state index in [0.717, 1.165) is 16.0 Å². The number of carbonyl (C=O) groups excluding carboxylic acids is 2. The first kappa shape index (κ1) is 19.7. The van der Waals surface area contributed by atoms with Crippen LogP contribution in [0.5, 0.6) is 0 Å². The van der Waals surface area contributed by atoms with Gasteiger partial charge in [-0.15, -0.1) is 11.8 Å². The molecule has 1 N–H and O–H groups in total. The maximum Gasteiger partial charge on any atom is 0.324 e. The zero-order valence-corrected chi connectivity index (χ0v) is 16.1. The van der Waals surface area contributed by atoms with E-state index in [0.29, 0.717) is 6.54 Å². The summed E-state index contributed by atoms with van der Waals surface area (Å²) in [7, 11) is 0. The molecule has 28 heavy (non-hydrogen) atoms. The Balaban J connectivity index is 1.58. The van der Waals surface area contributed by atoms with Crippen molar-refractivity contribution < 1.29 is 14.3 Å². The van der Waals surface area contributed by atoms with E-state index in [4.69, 9.17) is 4.74 Å². The Kier molecular flexibility index (Phi) is 7.27. The van der Waals surface area contributed by atoms with Gasteiger partial charge in [0.2, 0.25) is 0 Å². The van der Waals surface area contributed by atoms with Gasteiger partial charge < -0.3 is 10.1 Å². The summed E-state index contributed by atoms with van der Waals surface area (Å²) in [4.78, 5) is 25.7. The van der Waals surface area contributed by atoms with Crippen molar-refractivity contribution in [2.45, 2.75) is 16.7 Å². The van der Waals surface area contributed by atoms with E-state index in [9.17, 15) is 9.59 Å². The van der Waals surface area contributed by atoms with Crippen molar-refractivity contribution in [3.05, 3.63) is 102 Å². The molecular weight excluding hydrogens is 370 g/mol. The Hall–Kier alpha value is -3.05. The molecule has 4 nitrogen and oxygen atoms in total. The Morgan fingerprint density at radius 3 is 2.04 bits per heavy atom. The number of nitrogens with one attached hydrogen (secondary N) is 1. The summed E-state index contributed by atoms with van der Waals surface area (Å²) in [6, 6.07) is 28.7. The summed E-state index contributed by atoms with van der Waals surface area (Å²) in [5.74, 6) is -0.761.